The second-order valence-corrected chi connectivity index (χ2v) is 6.86. The molecule has 1 atom stereocenters. The maximum atomic E-state index is 12.2. The predicted molar refractivity (Wildman–Crippen MR) is 68.4 cm³/mol. The van der Waals surface area contributed by atoms with Gasteiger partial charge in [-0.05, 0) is 39.8 Å². The van der Waals surface area contributed by atoms with Crippen molar-refractivity contribution in [2.24, 2.45) is 0 Å². The van der Waals surface area contributed by atoms with Crippen molar-refractivity contribution in [3.63, 3.8) is 0 Å². The molecule has 0 aliphatic carbocycles. The molecule has 0 aromatic rings. The summed E-state index contributed by atoms with van der Waals surface area (Å²) in [5.74, 6) is 0.154. The predicted octanol–water partition coefficient (Wildman–Crippen LogP) is 0.115. The Labute approximate surface area is 104 Å². The SMILES string of the molecule is CC1CN(C)CCCN1S(=O)(=O)CCCCO. The molecule has 1 aliphatic heterocycles. The monoisotopic (exact) mass is 264 g/mol. The number of sulfonamides is 1. The summed E-state index contributed by atoms with van der Waals surface area (Å²) in [5.41, 5.74) is 0. The van der Waals surface area contributed by atoms with Crippen LogP contribution in [0.1, 0.15) is 26.2 Å². The van der Waals surface area contributed by atoms with E-state index in [0.717, 1.165) is 19.5 Å². The standard InChI is InChI=1S/C11H24N2O3S/c1-11-10-12(2)6-5-7-13(11)17(15,16)9-4-3-8-14/h11,14H,3-10H2,1-2H3. The van der Waals surface area contributed by atoms with Crippen LogP contribution < -0.4 is 0 Å². The Morgan fingerprint density at radius 3 is 2.65 bits per heavy atom. The van der Waals surface area contributed by atoms with Crippen LogP contribution in [0.3, 0.4) is 0 Å². The highest BCUT2D eigenvalue weighted by atomic mass is 32.2. The summed E-state index contributed by atoms with van der Waals surface area (Å²) >= 11 is 0. The summed E-state index contributed by atoms with van der Waals surface area (Å²) in [6.07, 6.45) is 1.99. The normalized spacial score (nSPS) is 24.8. The number of hydrogen-bond acceptors (Lipinski definition) is 4. The fourth-order valence-corrected chi connectivity index (χ4v) is 4.10. The van der Waals surface area contributed by atoms with Gasteiger partial charge in [0.2, 0.25) is 10.0 Å². The molecule has 1 unspecified atom stereocenters. The maximum absolute atomic E-state index is 12.2. The second kappa shape index (κ2) is 6.68. The number of aliphatic hydroxyl groups excluding tert-OH is 1. The molecule has 0 spiro atoms. The summed E-state index contributed by atoms with van der Waals surface area (Å²) in [6.45, 7) is 4.39. The molecule has 0 aromatic carbocycles. The summed E-state index contributed by atoms with van der Waals surface area (Å²) in [5, 5.41) is 8.69. The van der Waals surface area contributed by atoms with Gasteiger partial charge in [0, 0.05) is 25.7 Å². The Morgan fingerprint density at radius 1 is 1.29 bits per heavy atom. The van der Waals surface area contributed by atoms with E-state index in [9.17, 15) is 8.42 Å². The number of aliphatic hydroxyl groups is 1. The molecule has 0 saturated carbocycles. The molecule has 0 amide bonds. The topological polar surface area (TPSA) is 60.9 Å². The van der Waals surface area contributed by atoms with E-state index in [1.807, 2.05) is 14.0 Å². The highest BCUT2D eigenvalue weighted by molar-refractivity contribution is 7.89. The van der Waals surface area contributed by atoms with Crippen molar-refractivity contribution in [1.82, 2.24) is 9.21 Å². The van der Waals surface area contributed by atoms with Crippen molar-refractivity contribution in [2.75, 3.05) is 39.0 Å². The molecule has 5 nitrogen and oxygen atoms in total. The van der Waals surface area contributed by atoms with Gasteiger partial charge < -0.3 is 10.0 Å². The van der Waals surface area contributed by atoms with Crippen LogP contribution >= 0.6 is 0 Å². The third-order valence-corrected chi connectivity index (χ3v) is 5.22. The smallest absolute Gasteiger partial charge is 0.214 e. The lowest BCUT2D eigenvalue weighted by atomic mass is 10.3. The molecule has 0 aromatic heterocycles. The average molecular weight is 264 g/mol. The van der Waals surface area contributed by atoms with E-state index in [0.29, 0.717) is 19.4 Å². The van der Waals surface area contributed by atoms with E-state index >= 15 is 0 Å². The fourth-order valence-electron chi connectivity index (χ4n) is 2.28. The first-order valence-electron chi connectivity index (χ1n) is 6.26. The number of nitrogens with zero attached hydrogens (tertiary/aromatic N) is 2. The maximum Gasteiger partial charge on any atom is 0.214 e. The van der Waals surface area contributed by atoms with Crippen LogP contribution in [0.15, 0.2) is 0 Å². The molecule has 0 bridgehead atoms. The molecular formula is C11H24N2O3S. The van der Waals surface area contributed by atoms with Crippen molar-refractivity contribution in [3.8, 4) is 0 Å². The van der Waals surface area contributed by atoms with Gasteiger partial charge >= 0.3 is 0 Å². The Hall–Kier alpha value is -0.170. The number of hydrogen-bond donors (Lipinski definition) is 1. The average Bonchev–Trinajstić information content (AvgIpc) is 2.39. The van der Waals surface area contributed by atoms with Gasteiger partial charge in [0.15, 0.2) is 0 Å². The Morgan fingerprint density at radius 2 is 2.00 bits per heavy atom. The fraction of sp³-hybridized carbons (Fsp3) is 1.00. The first-order chi connectivity index (χ1) is 7.97. The van der Waals surface area contributed by atoms with E-state index in [1.54, 1.807) is 4.31 Å². The first-order valence-corrected chi connectivity index (χ1v) is 7.87. The van der Waals surface area contributed by atoms with Crippen LogP contribution in [-0.4, -0.2) is 67.8 Å². The second-order valence-electron chi connectivity index (χ2n) is 4.82. The minimum absolute atomic E-state index is 0.0432. The van der Waals surface area contributed by atoms with Crippen LogP contribution in [0.25, 0.3) is 0 Å². The molecule has 0 radical (unpaired) electrons. The van der Waals surface area contributed by atoms with Crippen molar-refractivity contribution in [1.29, 1.82) is 0 Å². The molecule has 1 aliphatic rings. The van der Waals surface area contributed by atoms with Gasteiger partial charge in [-0.25, -0.2) is 8.42 Å². The van der Waals surface area contributed by atoms with Crippen molar-refractivity contribution in [2.45, 2.75) is 32.2 Å². The Kier molecular flexibility index (Phi) is 5.85. The van der Waals surface area contributed by atoms with Crippen LogP contribution in [0.5, 0.6) is 0 Å². The largest absolute Gasteiger partial charge is 0.396 e. The quantitative estimate of drug-likeness (QED) is 0.716. The van der Waals surface area contributed by atoms with Gasteiger partial charge in [-0.15, -0.1) is 0 Å². The summed E-state index contributed by atoms with van der Waals surface area (Å²) in [6, 6.07) is 0.0432. The molecule has 1 saturated heterocycles. The molecule has 1 fully saturated rings. The molecule has 6 heteroatoms. The van der Waals surface area contributed by atoms with Crippen molar-refractivity contribution in [3.05, 3.63) is 0 Å². The van der Waals surface area contributed by atoms with Gasteiger partial charge in [-0.2, -0.15) is 4.31 Å². The number of rotatable bonds is 5. The minimum Gasteiger partial charge on any atom is -0.396 e. The summed E-state index contributed by atoms with van der Waals surface area (Å²) in [4.78, 5) is 2.17. The lowest BCUT2D eigenvalue weighted by Gasteiger charge is -2.27. The Balaban J connectivity index is 2.62. The van der Waals surface area contributed by atoms with Crippen LogP contribution in [0, 0.1) is 0 Å². The zero-order valence-corrected chi connectivity index (χ0v) is 11.6. The van der Waals surface area contributed by atoms with Crippen LogP contribution in [0.2, 0.25) is 0 Å². The van der Waals surface area contributed by atoms with Gasteiger partial charge in [-0.1, -0.05) is 0 Å². The van der Waals surface area contributed by atoms with Gasteiger partial charge in [-0.3, -0.25) is 0 Å². The van der Waals surface area contributed by atoms with Gasteiger partial charge in [0.1, 0.15) is 0 Å². The highest BCUT2D eigenvalue weighted by Crippen LogP contribution is 2.14. The van der Waals surface area contributed by atoms with Crippen LogP contribution in [-0.2, 0) is 10.0 Å². The lowest BCUT2D eigenvalue weighted by molar-refractivity contribution is 0.283. The number of unbranched alkanes of at least 4 members (excludes halogenated alkanes) is 1. The third kappa shape index (κ3) is 4.54. The van der Waals surface area contributed by atoms with E-state index in [2.05, 4.69) is 4.90 Å². The molecule has 1 heterocycles. The summed E-state index contributed by atoms with van der Waals surface area (Å²) in [7, 11) is -1.13. The molecule has 1 rings (SSSR count). The highest BCUT2D eigenvalue weighted by Gasteiger charge is 2.29. The van der Waals surface area contributed by atoms with E-state index in [-0.39, 0.29) is 18.4 Å². The third-order valence-electron chi connectivity index (χ3n) is 3.15. The molecule has 1 N–H and O–H groups in total. The van der Waals surface area contributed by atoms with Gasteiger partial charge in [0.25, 0.3) is 0 Å². The minimum atomic E-state index is -3.16. The van der Waals surface area contributed by atoms with Crippen LogP contribution in [0.4, 0.5) is 0 Å². The molecular weight excluding hydrogens is 240 g/mol. The van der Waals surface area contributed by atoms with E-state index in [1.165, 1.54) is 0 Å². The van der Waals surface area contributed by atoms with E-state index < -0.39 is 10.0 Å². The van der Waals surface area contributed by atoms with Crippen molar-refractivity contribution >= 4 is 10.0 Å². The van der Waals surface area contributed by atoms with Crippen molar-refractivity contribution < 1.29 is 13.5 Å². The molecule has 102 valence electrons. The summed E-state index contributed by atoms with van der Waals surface area (Å²) < 4.78 is 25.9. The zero-order valence-electron chi connectivity index (χ0n) is 10.8. The van der Waals surface area contributed by atoms with Gasteiger partial charge in [0.05, 0.1) is 5.75 Å². The first kappa shape index (κ1) is 14.9. The van der Waals surface area contributed by atoms with E-state index in [4.69, 9.17) is 5.11 Å². The number of likely N-dealkylation sites (N-methyl/N-ethyl adjacent to an activating group) is 1. The lowest BCUT2D eigenvalue weighted by Crippen LogP contribution is -2.43. The zero-order chi connectivity index (χ0) is 12.9. The Bertz CT molecular complexity index is 319. The molecule has 17 heavy (non-hydrogen) atoms.